The highest BCUT2D eigenvalue weighted by Crippen LogP contribution is 2.25. The number of H-pyrrole nitrogens is 1. The molecule has 0 unspecified atom stereocenters. The third-order valence-corrected chi connectivity index (χ3v) is 2.65. The summed E-state index contributed by atoms with van der Waals surface area (Å²) in [5, 5.41) is 28.9. The maximum absolute atomic E-state index is 9.90. The van der Waals surface area contributed by atoms with Crippen molar-refractivity contribution in [2.75, 3.05) is 5.43 Å². The van der Waals surface area contributed by atoms with Gasteiger partial charge in [-0.3, -0.25) is 0 Å². The standard InChI is InChI=1S/C12H10N6O/c19-11-6-5-8-3-1-2-4-9(8)10(11)7-13-14-12-15-17-18-16-12/h1-7,19H,(H2,14,15,16,17,18). The third-order valence-electron chi connectivity index (χ3n) is 2.65. The van der Waals surface area contributed by atoms with E-state index in [1.807, 2.05) is 30.3 Å². The number of hydrazone groups is 1. The van der Waals surface area contributed by atoms with Crippen molar-refractivity contribution in [1.29, 1.82) is 0 Å². The topological polar surface area (TPSA) is 99.1 Å². The maximum atomic E-state index is 9.90. The second kappa shape index (κ2) is 4.73. The van der Waals surface area contributed by atoms with Crippen LogP contribution in [-0.4, -0.2) is 31.9 Å². The smallest absolute Gasteiger partial charge is 0.283 e. The summed E-state index contributed by atoms with van der Waals surface area (Å²) in [6.07, 6.45) is 1.52. The lowest BCUT2D eigenvalue weighted by Gasteiger charge is -2.04. The van der Waals surface area contributed by atoms with Crippen LogP contribution in [0.5, 0.6) is 5.75 Å². The van der Waals surface area contributed by atoms with Crippen LogP contribution in [0.15, 0.2) is 41.5 Å². The van der Waals surface area contributed by atoms with Gasteiger partial charge in [-0.1, -0.05) is 35.4 Å². The van der Waals surface area contributed by atoms with Crippen molar-refractivity contribution in [1.82, 2.24) is 20.6 Å². The molecule has 7 nitrogen and oxygen atoms in total. The first-order valence-electron chi connectivity index (χ1n) is 5.58. The van der Waals surface area contributed by atoms with E-state index in [-0.39, 0.29) is 11.7 Å². The summed E-state index contributed by atoms with van der Waals surface area (Å²) in [7, 11) is 0. The fourth-order valence-corrected chi connectivity index (χ4v) is 1.78. The minimum atomic E-state index is 0.164. The van der Waals surface area contributed by atoms with Gasteiger partial charge in [-0.05, 0) is 22.1 Å². The third kappa shape index (κ3) is 2.21. The first kappa shape index (κ1) is 11.1. The molecule has 3 rings (SSSR count). The Morgan fingerprint density at radius 1 is 1.21 bits per heavy atom. The highest BCUT2D eigenvalue weighted by Gasteiger charge is 2.04. The van der Waals surface area contributed by atoms with Crippen LogP contribution in [0.4, 0.5) is 5.95 Å². The highest BCUT2D eigenvalue weighted by molar-refractivity contribution is 6.02. The molecule has 0 radical (unpaired) electrons. The Labute approximate surface area is 108 Å². The number of hydrogen-bond donors (Lipinski definition) is 3. The number of aromatic amines is 1. The molecule has 0 amide bonds. The Balaban J connectivity index is 1.95. The molecular formula is C12H10N6O. The van der Waals surface area contributed by atoms with Crippen molar-refractivity contribution in [2.24, 2.45) is 5.10 Å². The number of hydrogen-bond acceptors (Lipinski definition) is 6. The van der Waals surface area contributed by atoms with Crippen LogP contribution in [0.2, 0.25) is 0 Å². The Kier molecular flexibility index (Phi) is 2.77. The lowest BCUT2D eigenvalue weighted by Crippen LogP contribution is -1.93. The summed E-state index contributed by atoms with van der Waals surface area (Å²) in [4.78, 5) is 0. The van der Waals surface area contributed by atoms with E-state index < -0.39 is 0 Å². The van der Waals surface area contributed by atoms with Crippen molar-refractivity contribution in [3.05, 3.63) is 42.0 Å². The molecule has 3 N–H and O–H groups in total. The number of tetrazole rings is 1. The van der Waals surface area contributed by atoms with Crippen molar-refractivity contribution in [3.63, 3.8) is 0 Å². The van der Waals surface area contributed by atoms with Gasteiger partial charge in [-0.25, -0.2) is 5.43 Å². The summed E-state index contributed by atoms with van der Waals surface area (Å²) in [5.41, 5.74) is 3.24. The molecule has 0 bridgehead atoms. The zero-order chi connectivity index (χ0) is 13.1. The van der Waals surface area contributed by atoms with Crippen molar-refractivity contribution in [3.8, 4) is 5.75 Å². The molecule has 1 aromatic heterocycles. The van der Waals surface area contributed by atoms with E-state index in [0.29, 0.717) is 5.56 Å². The SMILES string of the molecule is Oc1ccc2ccccc2c1C=NNc1nn[nH]n1. The largest absolute Gasteiger partial charge is 0.507 e. The van der Waals surface area contributed by atoms with Crippen molar-refractivity contribution >= 4 is 22.9 Å². The lowest BCUT2D eigenvalue weighted by molar-refractivity contribution is 0.475. The van der Waals surface area contributed by atoms with E-state index in [4.69, 9.17) is 0 Å². The molecule has 1 heterocycles. The van der Waals surface area contributed by atoms with Crippen molar-refractivity contribution < 1.29 is 5.11 Å². The van der Waals surface area contributed by atoms with Crippen LogP contribution >= 0.6 is 0 Å². The van der Waals surface area contributed by atoms with Crippen LogP contribution in [0.25, 0.3) is 10.8 Å². The number of phenols is 1. The van der Waals surface area contributed by atoms with Crippen LogP contribution in [0.1, 0.15) is 5.56 Å². The second-order valence-electron chi connectivity index (χ2n) is 3.82. The number of phenolic OH excluding ortho intramolecular Hbond substituents is 1. The van der Waals surface area contributed by atoms with E-state index in [0.717, 1.165) is 10.8 Å². The van der Waals surface area contributed by atoms with E-state index in [1.54, 1.807) is 6.07 Å². The molecular weight excluding hydrogens is 244 g/mol. The van der Waals surface area contributed by atoms with Gasteiger partial charge in [-0.2, -0.15) is 10.3 Å². The average molecular weight is 254 g/mol. The maximum Gasteiger partial charge on any atom is 0.283 e. The van der Waals surface area contributed by atoms with Gasteiger partial charge in [0.15, 0.2) is 0 Å². The first-order chi connectivity index (χ1) is 9.34. The summed E-state index contributed by atoms with van der Waals surface area (Å²) in [6.45, 7) is 0. The molecule has 0 saturated carbocycles. The van der Waals surface area contributed by atoms with Crippen molar-refractivity contribution in [2.45, 2.75) is 0 Å². The number of nitrogens with one attached hydrogen (secondary N) is 2. The molecule has 0 aliphatic heterocycles. The van der Waals surface area contributed by atoms with Crippen LogP contribution in [-0.2, 0) is 0 Å². The quantitative estimate of drug-likeness (QED) is 0.486. The van der Waals surface area contributed by atoms with Gasteiger partial charge in [0.25, 0.3) is 5.95 Å². The molecule has 0 spiro atoms. The second-order valence-corrected chi connectivity index (χ2v) is 3.82. The molecule has 3 aromatic rings. The minimum absolute atomic E-state index is 0.164. The number of nitrogens with zero attached hydrogens (tertiary/aromatic N) is 4. The molecule has 0 fully saturated rings. The first-order valence-corrected chi connectivity index (χ1v) is 5.58. The Morgan fingerprint density at radius 3 is 2.95 bits per heavy atom. The predicted octanol–water partition coefficient (Wildman–Crippen LogP) is 1.50. The monoisotopic (exact) mass is 254 g/mol. The normalized spacial score (nSPS) is 11.2. The molecule has 7 heteroatoms. The fourth-order valence-electron chi connectivity index (χ4n) is 1.78. The van der Waals surface area contributed by atoms with Crippen LogP contribution in [0.3, 0.4) is 0 Å². The number of aromatic hydroxyl groups is 1. The highest BCUT2D eigenvalue weighted by atomic mass is 16.3. The average Bonchev–Trinajstić information content (AvgIpc) is 2.94. The fraction of sp³-hybridized carbons (Fsp3) is 0. The molecule has 0 atom stereocenters. The Bertz CT molecular complexity index is 722. The minimum Gasteiger partial charge on any atom is -0.507 e. The predicted molar refractivity (Wildman–Crippen MR) is 71.0 cm³/mol. The lowest BCUT2D eigenvalue weighted by atomic mass is 10.0. The molecule has 0 aliphatic rings. The molecule has 0 aliphatic carbocycles. The molecule has 0 saturated heterocycles. The summed E-state index contributed by atoms with van der Waals surface area (Å²) in [5.74, 6) is 0.424. The summed E-state index contributed by atoms with van der Waals surface area (Å²) in [6, 6.07) is 11.2. The zero-order valence-electron chi connectivity index (χ0n) is 9.78. The number of anilines is 1. The van der Waals surface area contributed by atoms with E-state index in [2.05, 4.69) is 31.2 Å². The van der Waals surface area contributed by atoms with Gasteiger partial charge in [-0.15, -0.1) is 5.10 Å². The van der Waals surface area contributed by atoms with Gasteiger partial charge in [0.05, 0.1) is 6.21 Å². The van der Waals surface area contributed by atoms with Gasteiger partial charge in [0, 0.05) is 5.56 Å². The number of aromatic nitrogens is 4. The van der Waals surface area contributed by atoms with Crippen LogP contribution in [0, 0.1) is 0 Å². The Morgan fingerprint density at radius 2 is 2.11 bits per heavy atom. The molecule has 19 heavy (non-hydrogen) atoms. The molecule has 2 aromatic carbocycles. The van der Waals surface area contributed by atoms with Gasteiger partial charge in [0.2, 0.25) is 0 Å². The number of benzene rings is 2. The number of fused-ring (bicyclic) bond motifs is 1. The van der Waals surface area contributed by atoms with Gasteiger partial charge < -0.3 is 5.11 Å². The van der Waals surface area contributed by atoms with Gasteiger partial charge >= 0.3 is 0 Å². The van der Waals surface area contributed by atoms with Crippen LogP contribution < -0.4 is 5.43 Å². The summed E-state index contributed by atoms with van der Waals surface area (Å²) >= 11 is 0. The zero-order valence-corrected chi connectivity index (χ0v) is 9.78. The van der Waals surface area contributed by atoms with E-state index in [1.165, 1.54) is 6.21 Å². The van der Waals surface area contributed by atoms with E-state index >= 15 is 0 Å². The van der Waals surface area contributed by atoms with Gasteiger partial charge in [0.1, 0.15) is 5.75 Å². The summed E-state index contributed by atoms with van der Waals surface area (Å²) < 4.78 is 0. The number of rotatable bonds is 3. The molecule has 94 valence electrons. The Hall–Kier alpha value is -2.96. The van der Waals surface area contributed by atoms with E-state index in [9.17, 15) is 5.11 Å².